The molecule has 1 aliphatic heterocycles. The Hall–Kier alpha value is -3.35. The average molecular weight is 406 g/mol. The van der Waals surface area contributed by atoms with E-state index >= 15 is 0 Å². The number of rotatable bonds is 5. The number of hydrogen-bond donors (Lipinski definition) is 1. The molecule has 1 fully saturated rings. The number of ether oxygens (including phenoxy) is 1. The van der Waals surface area contributed by atoms with E-state index in [9.17, 15) is 4.79 Å². The number of benzene rings is 2. The quantitative estimate of drug-likeness (QED) is 0.640. The van der Waals surface area contributed by atoms with Crippen LogP contribution in [0.25, 0.3) is 11.4 Å². The lowest BCUT2D eigenvalue weighted by Gasteiger charge is -2.33. The van der Waals surface area contributed by atoms with E-state index in [1.165, 1.54) is 5.56 Å². The van der Waals surface area contributed by atoms with Crippen LogP contribution in [-0.2, 0) is 6.42 Å². The second-order valence-electron chi connectivity index (χ2n) is 7.38. The number of urea groups is 1. The van der Waals surface area contributed by atoms with Crippen molar-refractivity contribution in [3.05, 3.63) is 60.0 Å². The van der Waals surface area contributed by atoms with Crippen molar-refractivity contribution >= 4 is 11.7 Å². The van der Waals surface area contributed by atoms with E-state index in [-0.39, 0.29) is 12.1 Å². The van der Waals surface area contributed by atoms with Crippen LogP contribution in [0.3, 0.4) is 0 Å². The molecular formula is C23H26N4O3. The Morgan fingerprint density at radius 2 is 2.10 bits per heavy atom. The van der Waals surface area contributed by atoms with E-state index in [1.807, 2.05) is 42.5 Å². The van der Waals surface area contributed by atoms with Gasteiger partial charge < -0.3 is 19.5 Å². The number of hydrogen-bond acceptors (Lipinski definition) is 5. The van der Waals surface area contributed by atoms with Crippen molar-refractivity contribution < 1.29 is 14.1 Å². The number of piperidine rings is 1. The van der Waals surface area contributed by atoms with Gasteiger partial charge in [-0.05, 0) is 55.5 Å². The first kappa shape index (κ1) is 19.9. The molecule has 2 aromatic carbocycles. The van der Waals surface area contributed by atoms with Crippen LogP contribution in [0.4, 0.5) is 10.5 Å². The average Bonchev–Trinajstić information content (AvgIpc) is 3.29. The van der Waals surface area contributed by atoms with Gasteiger partial charge >= 0.3 is 6.03 Å². The van der Waals surface area contributed by atoms with Crippen LogP contribution in [0.15, 0.2) is 53.1 Å². The predicted molar refractivity (Wildman–Crippen MR) is 114 cm³/mol. The fraction of sp³-hybridized carbons (Fsp3) is 0.348. The van der Waals surface area contributed by atoms with Crippen molar-refractivity contribution in [2.75, 3.05) is 19.0 Å². The second kappa shape index (κ2) is 8.98. The summed E-state index contributed by atoms with van der Waals surface area (Å²) in [6, 6.07) is 15.1. The number of likely N-dealkylation sites (tertiary alicyclic amines) is 1. The van der Waals surface area contributed by atoms with Gasteiger partial charge in [0.1, 0.15) is 11.8 Å². The van der Waals surface area contributed by atoms with Crippen molar-refractivity contribution in [2.45, 2.75) is 38.6 Å². The molecule has 30 heavy (non-hydrogen) atoms. The Kier molecular flexibility index (Phi) is 5.97. The van der Waals surface area contributed by atoms with Crippen LogP contribution in [-0.4, -0.2) is 34.7 Å². The van der Waals surface area contributed by atoms with Crippen LogP contribution in [0.1, 0.15) is 43.7 Å². The lowest BCUT2D eigenvalue weighted by molar-refractivity contribution is 0.142. The molecule has 0 saturated carbocycles. The van der Waals surface area contributed by atoms with Gasteiger partial charge in [-0.25, -0.2) is 4.79 Å². The van der Waals surface area contributed by atoms with Crippen LogP contribution in [0.5, 0.6) is 5.75 Å². The van der Waals surface area contributed by atoms with Crippen molar-refractivity contribution in [2.24, 2.45) is 0 Å². The first-order valence-corrected chi connectivity index (χ1v) is 10.3. The van der Waals surface area contributed by atoms with E-state index in [0.29, 0.717) is 18.3 Å². The van der Waals surface area contributed by atoms with Crippen LogP contribution >= 0.6 is 0 Å². The topological polar surface area (TPSA) is 80.5 Å². The van der Waals surface area contributed by atoms with Crippen LogP contribution in [0.2, 0.25) is 0 Å². The molecule has 1 atom stereocenters. The van der Waals surface area contributed by atoms with Gasteiger partial charge in [0, 0.05) is 17.8 Å². The first-order valence-electron chi connectivity index (χ1n) is 10.3. The van der Waals surface area contributed by atoms with E-state index < -0.39 is 0 Å². The monoisotopic (exact) mass is 406 g/mol. The van der Waals surface area contributed by atoms with E-state index in [4.69, 9.17) is 9.26 Å². The summed E-state index contributed by atoms with van der Waals surface area (Å²) in [6.07, 6.45) is 3.68. The molecule has 0 aliphatic carbocycles. The Labute approximate surface area is 176 Å². The first-order chi connectivity index (χ1) is 14.7. The van der Waals surface area contributed by atoms with Crippen LogP contribution in [0, 0.1) is 0 Å². The van der Waals surface area contributed by atoms with Crippen LogP contribution < -0.4 is 10.1 Å². The molecule has 1 aromatic heterocycles. The number of nitrogens with one attached hydrogen (secondary N) is 1. The number of amides is 2. The third kappa shape index (κ3) is 4.30. The maximum atomic E-state index is 13.0. The molecule has 4 rings (SSSR count). The maximum absolute atomic E-state index is 13.0. The highest BCUT2D eigenvalue weighted by molar-refractivity contribution is 5.89. The molecule has 1 unspecified atom stereocenters. The fourth-order valence-electron chi connectivity index (χ4n) is 3.75. The van der Waals surface area contributed by atoms with Crippen molar-refractivity contribution in [1.82, 2.24) is 15.0 Å². The fourth-order valence-corrected chi connectivity index (χ4v) is 3.75. The summed E-state index contributed by atoms with van der Waals surface area (Å²) in [5.74, 6) is 1.68. The third-order valence-electron chi connectivity index (χ3n) is 5.40. The zero-order valence-corrected chi connectivity index (χ0v) is 17.3. The van der Waals surface area contributed by atoms with Gasteiger partial charge in [-0.3, -0.25) is 0 Å². The summed E-state index contributed by atoms with van der Waals surface area (Å²) in [7, 11) is 1.62. The van der Waals surface area contributed by atoms with Crippen molar-refractivity contribution in [3.63, 3.8) is 0 Å². The van der Waals surface area contributed by atoms with Crippen molar-refractivity contribution in [3.8, 4) is 17.1 Å². The number of methoxy groups -OCH3 is 1. The highest BCUT2D eigenvalue weighted by atomic mass is 16.5. The van der Waals surface area contributed by atoms with E-state index in [2.05, 4.69) is 28.4 Å². The van der Waals surface area contributed by atoms with Gasteiger partial charge in [0.2, 0.25) is 11.7 Å². The number of carbonyl (C=O) groups excluding carboxylic acids is 1. The summed E-state index contributed by atoms with van der Waals surface area (Å²) in [4.78, 5) is 19.4. The number of nitrogens with zero attached hydrogens (tertiary/aromatic N) is 3. The molecule has 156 valence electrons. The molecule has 0 spiro atoms. The molecule has 3 aromatic rings. The zero-order chi connectivity index (χ0) is 20.9. The summed E-state index contributed by atoms with van der Waals surface area (Å²) in [5.41, 5.74) is 2.79. The van der Waals surface area contributed by atoms with Gasteiger partial charge in [-0.1, -0.05) is 36.3 Å². The molecule has 7 nitrogen and oxygen atoms in total. The molecule has 0 radical (unpaired) electrons. The molecule has 1 N–H and O–H groups in total. The number of carbonyl (C=O) groups is 1. The molecular weight excluding hydrogens is 380 g/mol. The third-order valence-corrected chi connectivity index (χ3v) is 5.40. The predicted octanol–water partition coefficient (Wildman–Crippen LogP) is 5.07. The Bertz CT molecular complexity index is 1020. The number of anilines is 1. The minimum absolute atomic E-state index is 0.144. The summed E-state index contributed by atoms with van der Waals surface area (Å²) < 4.78 is 10.8. The lowest BCUT2D eigenvalue weighted by atomic mass is 10.0. The second-order valence-corrected chi connectivity index (χ2v) is 7.38. The van der Waals surface area contributed by atoms with Gasteiger partial charge in [-0.2, -0.15) is 4.98 Å². The number of aryl methyl sites for hydroxylation is 1. The highest BCUT2D eigenvalue weighted by Crippen LogP contribution is 2.32. The Balaban J connectivity index is 1.53. The smallest absolute Gasteiger partial charge is 0.322 e. The molecule has 0 bridgehead atoms. The summed E-state index contributed by atoms with van der Waals surface area (Å²) >= 11 is 0. The Morgan fingerprint density at radius 3 is 2.93 bits per heavy atom. The highest BCUT2D eigenvalue weighted by Gasteiger charge is 2.32. The largest absolute Gasteiger partial charge is 0.497 e. The van der Waals surface area contributed by atoms with Gasteiger partial charge in [0.05, 0.1) is 7.11 Å². The summed E-state index contributed by atoms with van der Waals surface area (Å²) in [6.45, 7) is 2.75. The molecule has 1 aliphatic rings. The minimum Gasteiger partial charge on any atom is -0.497 e. The maximum Gasteiger partial charge on any atom is 0.322 e. The summed E-state index contributed by atoms with van der Waals surface area (Å²) in [5, 5.41) is 7.16. The number of aromatic nitrogens is 2. The molecule has 7 heteroatoms. The lowest BCUT2D eigenvalue weighted by Crippen LogP contribution is -2.41. The molecule has 2 heterocycles. The van der Waals surface area contributed by atoms with Crippen molar-refractivity contribution in [1.29, 1.82) is 0 Å². The normalized spacial score (nSPS) is 16.3. The minimum atomic E-state index is -0.236. The zero-order valence-electron chi connectivity index (χ0n) is 17.3. The van der Waals surface area contributed by atoms with Gasteiger partial charge in [0.15, 0.2) is 0 Å². The van der Waals surface area contributed by atoms with Gasteiger partial charge in [-0.15, -0.1) is 0 Å². The molecule has 2 amide bonds. The standard InChI is InChI=1S/C23H26N4O3/c1-3-16-8-6-10-18(14-16)24-23(28)27-13-5-4-12-20(27)22-25-21(26-30-22)17-9-7-11-19(15-17)29-2/h6-11,14-15,20H,3-5,12-13H2,1-2H3,(H,24,28). The Morgan fingerprint density at radius 1 is 1.23 bits per heavy atom. The molecule has 1 saturated heterocycles. The van der Waals surface area contributed by atoms with Gasteiger partial charge in [0.25, 0.3) is 0 Å². The SMILES string of the molecule is CCc1cccc(NC(=O)N2CCCCC2c2nc(-c3cccc(OC)c3)no2)c1. The van der Waals surface area contributed by atoms with E-state index in [1.54, 1.807) is 12.0 Å². The van der Waals surface area contributed by atoms with E-state index in [0.717, 1.165) is 42.7 Å².